The fraction of sp³-hybridized carbons (Fsp3) is 0.303. The molecule has 0 saturated heterocycles. The van der Waals surface area contributed by atoms with Crippen LogP contribution >= 0.6 is 11.8 Å². The number of aromatic nitrogens is 1. The average Bonchev–Trinajstić information content (AvgIpc) is 2.95. The first-order chi connectivity index (χ1) is 19.8. The van der Waals surface area contributed by atoms with Crippen molar-refractivity contribution in [3.8, 4) is 0 Å². The monoisotopic (exact) mass is 570 g/mol. The van der Waals surface area contributed by atoms with E-state index in [0.29, 0.717) is 24.5 Å². The van der Waals surface area contributed by atoms with Crippen LogP contribution in [0.4, 0.5) is 10.5 Å². The molecule has 1 heterocycles. The van der Waals surface area contributed by atoms with Gasteiger partial charge in [-0.15, -0.1) is 0 Å². The topological polar surface area (TPSA) is 92.4 Å². The maximum atomic E-state index is 13.3. The summed E-state index contributed by atoms with van der Waals surface area (Å²) in [4.78, 5) is 30.2. The number of rotatable bonds is 12. The van der Waals surface area contributed by atoms with Crippen molar-refractivity contribution in [1.29, 1.82) is 0 Å². The number of amides is 2. The number of ether oxygens (including phenoxy) is 1. The number of hydrogen-bond donors (Lipinski definition) is 3. The molecular weight excluding hydrogens is 532 g/mol. The molecule has 0 aliphatic heterocycles. The number of fused-ring (bicyclic) bond motifs is 1. The van der Waals surface area contributed by atoms with E-state index < -0.39 is 17.7 Å². The summed E-state index contributed by atoms with van der Waals surface area (Å²) in [6, 6.07) is 27.3. The van der Waals surface area contributed by atoms with Gasteiger partial charge in [-0.05, 0) is 67.3 Å². The van der Waals surface area contributed by atoms with Crippen molar-refractivity contribution >= 4 is 40.2 Å². The zero-order chi connectivity index (χ0) is 29.1. The summed E-state index contributed by atoms with van der Waals surface area (Å²) in [5, 5.41) is 11.8. The van der Waals surface area contributed by atoms with Crippen molar-refractivity contribution in [2.45, 2.75) is 51.4 Å². The number of benzene rings is 3. The van der Waals surface area contributed by atoms with Crippen LogP contribution < -0.4 is 16.0 Å². The number of carbonyl (C=O) groups excluding carboxylic acids is 2. The Morgan fingerprint density at radius 3 is 2.41 bits per heavy atom. The first-order valence-electron chi connectivity index (χ1n) is 13.8. The molecule has 0 unspecified atom stereocenters. The number of thioether (sulfide) groups is 1. The van der Waals surface area contributed by atoms with Crippen molar-refractivity contribution in [3.05, 3.63) is 108 Å². The molecule has 0 saturated carbocycles. The van der Waals surface area contributed by atoms with Crippen LogP contribution in [0.5, 0.6) is 0 Å². The Labute approximate surface area is 246 Å². The highest BCUT2D eigenvalue weighted by molar-refractivity contribution is 7.99. The molecule has 4 aromatic rings. The van der Waals surface area contributed by atoms with Gasteiger partial charge in [-0.3, -0.25) is 9.78 Å². The Hall–Kier alpha value is -4.04. The van der Waals surface area contributed by atoms with Gasteiger partial charge in [0, 0.05) is 42.2 Å². The molecule has 41 heavy (non-hydrogen) atoms. The van der Waals surface area contributed by atoms with Crippen LogP contribution in [0.1, 0.15) is 31.9 Å². The van der Waals surface area contributed by atoms with Crippen molar-refractivity contribution in [2.75, 3.05) is 16.8 Å². The number of pyridine rings is 1. The van der Waals surface area contributed by atoms with E-state index in [9.17, 15) is 9.59 Å². The molecule has 0 aliphatic rings. The molecule has 0 fully saturated rings. The summed E-state index contributed by atoms with van der Waals surface area (Å²) in [6.07, 6.45) is 3.64. The molecule has 7 nitrogen and oxygen atoms in total. The minimum Gasteiger partial charge on any atom is -0.444 e. The van der Waals surface area contributed by atoms with Crippen LogP contribution in [0.2, 0.25) is 0 Å². The summed E-state index contributed by atoms with van der Waals surface area (Å²) >= 11 is 1.62. The molecule has 2 amide bonds. The second-order valence-electron chi connectivity index (χ2n) is 10.9. The van der Waals surface area contributed by atoms with Gasteiger partial charge in [-0.2, -0.15) is 11.8 Å². The first kappa shape index (κ1) is 29.9. The van der Waals surface area contributed by atoms with Crippen LogP contribution in [0, 0.1) is 0 Å². The van der Waals surface area contributed by atoms with Crippen LogP contribution in [-0.4, -0.2) is 46.2 Å². The molecule has 0 aliphatic carbocycles. The Morgan fingerprint density at radius 2 is 1.66 bits per heavy atom. The Bertz CT molecular complexity index is 1410. The number of hydrogen-bond acceptors (Lipinski definition) is 6. The largest absolute Gasteiger partial charge is 0.444 e. The molecule has 1 aromatic heterocycles. The van der Waals surface area contributed by atoms with Crippen molar-refractivity contribution in [2.24, 2.45) is 0 Å². The van der Waals surface area contributed by atoms with E-state index in [2.05, 4.69) is 45.2 Å². The normalized spacial score (nSPS) is 12.8. The van der Waals surface area contributed by atoms with E-state index in [-0.39, 0.29) is 11.9 Å². The van der Waals surface area contributed by atoms with E-state index in [1.165, 1.54) is 0 Å². The van der Waals surface area contributed by atoms with E-state index in [1.54, 1.807) is 24.2 Å². The van der Waals surface area contributed by atoms with Gasteiger partial charge in [-0.25, -0.2) is 4.79 Å². The van der Waals surface area contributed by atoms with E-state index in [1.807, 2.05) is 81.4 Å². The molecular formula is C33H38N4O3S. The van der Waals surface area contributed by atoms with Crippen molar-refractivity contribution in [3.63, 3.8) is 0 Å². The lowest BCUT2D eigenvalue weighted by Gasteiger charge is -2.25. The van der Waals surface area contributed by atoms with Crippen LogP contribution in [0.15, 0.2) is 97.3 Å². The molecule has 3 aromatic carbocycles. The quantitative estimate of drug-likeness (QED) is 0.188. The van der Waals surface area contributed by atoms with E-state index in [0.717, 1.165) is 27.6 Å². The second kappa shape index (κ2) is 14.6. The highest BCUT2D eigenvalue weighted by atomic mass is 32.2. The summed E-state index contributed by atoms with van der Waals surface area (Å²) in [5.74, 6) is 1.01. The highest BCUT2D eigenvalue weighted by Gasteiger charge is 2.23. The fourth-order valence-corrected chi connectivity index (χ4v) is 5.52. The molecule has 4 rings (SSSR count). The van der Waals surface area contributed by atoms with Gasteiger partial charge in [-0.1, -0.05) is 66.7 Å². The lowest BCUT2D eigenvalue weighted by molar-refractivity contribution is -0.121. The third-order valence-electron chi connectivity index (χ3n) is 6.29. The van der Waals surface area contributed by atoms with Gasteiger partial charge >= 0.3 is 6.09 Å². The van der Waals surface area contributed by atoms with Gasteiger partial charge in [0.1, 0.15) is 11.6 Å². The Balaban J connectivity index is 1.45. The van der Waals surface area contributed by atoms with Crippen LogP contribution in [0.3, 0.4) is 0 Å². The van der Waals surface area contributed by atoms with Crippen molar-refractivity contribution in [1.82, 2.24) is 15.6 Å². The average molecular weight is 571 g/mol. The number of alkyl carbamates (subject to hydrolysis) is 1. The lowest BCUT2D eigenvalue weighted by Crippen LogP contribution is -2.43. The standard InChI is InChI=1S/C33H38N4O3S/c1-33(2,3)40-32(39)37-28(19-26-14-9-13-25-12-7-8-17-29(25)26)22-41-23-30(36-27-15-5-4-6-16-27)31(38)35-21-24-11-10-18-34-20-24/h4-18,20,28,30,36H,19,21-23H2,1-3H3,(H,35,38)(H,37,39)/t28-,30-/m0/s1. The minimum absolute atomic E-state index is 0.101. The third-order valence-corrected chi connectivity index (χ3v) is 7.50. The minimum atomic E-state index is -0.599. The summed E-state index contributed by atoms with van der Waals surface area (Å²) in [7, 11) is 0. The van der Waals surface area contributed by atoms with Gasteiger partial charge in [0.05, 0.1) is 0 Å². The second-order valence-corrected chi connectivity index (χ2v) is 11.9. The number of para-hydroxylation sites is 1. The lowest BCUT2D eigenvalue weighted by atomic mass is 9.99. The summed E-state index contributed by atoms with van der Waals surface area (Å²) in [6.45, 7) is 5.95. The SMILES string of the molecule is CC(C)(C)OC(=O)N[C@H](CSC[C@H](Nc1ccccc1)C(=O)NCc1cccnc1)Cc1cccc2ccccc12. The predicted molar refractivity (Wildman–Crippen MR) is 168 cm³/mol. The zero-order valence-electron chi connectivity index (χ0n) is 23.8. The van der Waals surface area contributed by atoms with E-state index >= 15 is 0 Å². The fourth-order valence-electron chi connectivity index (χ4n) is 4.42. The molecule has 0 radical (unpaired) electrons. The maximum Gasteiger partial charge on any atom is 0.407 e. The molecule has 214 valence electrons. The molecule has 8 heteroatoms. The number of anilines is 1. The molecule has 0 bridgehead atoms. The number of nitrogens with one attached hydrogen (secondary N) is 3. The van der Waals surface area contributed by atoms with Crippen molar-refractivity contribution < 1.29 is 14.3 Å². The zero-order valence-corrected chi connectivity index (χ0v) is 24.6. The smallest absolute Gasteiger partial charge is 0.407 e. The summed E-state index contributed by atoms with van der Waals surface area (Å²) in [5.41, 5.74) is 2.36. The van der Waals surface area contributed by atoms with Gasteiger partial charge in [0.25, 0.3) is 0 Å². The first-order valence-corrected chi connectivity index (χ1v) is 14.9. The Kier molecular flexibility index (Phi) is 10.6. The van der Waals surface area contributed by atoms with Gasteiger partial charge in [0.15, 0.2) is 0 Å². The highest BCUT2D eigenvalue weighted by Crippen LogP contribution is 2.22. The van der Waals surface area contributed by atoms with Crippen LogP contribution in [0.25, 0.3) is 10.8 Å². The van der Waals surface area contributed by atoms with E-state index in [4.69, 9.17) is 4.74 Å². The van der Waals surface area contributed by atoms with Gasteiger partial charge in [0.2, 0.25) is 5.91 Å². The molecule has 0 spiro atoms. The Morgan fingerprint density at radius 1 is 0.902 bits per heavy atom. The number of nitrogens with zero attached hydrogens (tertiary/aromatic N) is 1. The van der Waals surface area contributed by atoms with Crippen LogP contribution in [-0.2, 0) is 22.5 Å². The summed E-state index contributed by atoms with van der Waals surface area (Å²) < 4.78 is 5.57. The molecule has 2 atom stereocenters. The predicted octanol–water partition coefficient (Wildman–Crippen LogP) is 6.20. The number of carbonyl (C=O) groups is 2. The third kappa shape index (κ3) is 9.83. The van der Waals surface area contributed by atoms with Gasteiger partial charge < -0.3 is 20.7 Å². The maximum absolute atomic E-state index is 13.3. The molecule has 3 N–H and O–H groups in total.